The molecule has 0 bridgehead atoms. The summed E-state index contributed by atoms with van der Waals surface area (Å²) in [5, 5.41) is 4.75. The molecule has 0 spiro atoms. The molecule has 4 heteroatoms. The summed E-state index contributed by atoms with van der Waals surface area (Å²) in [5.41, 5.74) is 4.07. The van der Waals surface area contributed by atoms with E-state index in [1.54, 1.807) is 0 Å². The predicted molar refractivity (Wildman–Crippen MR) is 68.7 cm³/mol. The lowest BCUT2D eigenvalue weighted by Crippen LogP contribution is -2.22. The fourth-order valence-corrected chi connectivity index (χ4v) is 2.76. The average molecular weight is 288 g/mol. The minimum atomic E-state index is 0. The second-order valence-electron chi connectivity index (χ2n) is 3.67. The molecule has 2 aromatic rings. The smallest absolute Gasteiger partial charge is 0.0470 e. The second-order valence-corrected chi connectivity index (χ2v) is 4.53. The van der Waals surface area contributed by atoms with Crippen LogP contribution in [0, 0.1) is 0 Å². The van der Waals surface area contributed by atoms with Crippen molar-refractivity contribution in [3.63, 3.8) is 0 Å². The Kier molecular flexibility index (Phi) is 3.05. The van der Waals surface area contributed by atoms with Gasteiger partial charge in [-0.15, -0.1) is 12.4 Å². The Morgan fingerprint density at radius 3 is 3.00 bits per heavy atom. The van der Waals surface area contributed by atoms with Gasteiger partial charge in [-0.1, -0.05) is 22.0 Å². The first-order chi connectivity index (χ1) is 6.86. The third kappa shape index (κ3) is 1.69. The van der Waals surface area contributed by atoms with E-state index >= 15 is 0 Å². The Morgan fingerprint density at radius 2 is 2.13 bits per heavy atom. The van der Waals surface area contributed by atoms with Crippen LogP contribution in [-0.4, -0.2) is 11.5 Å². The number of hydrogen-bond acceptors (Lipinski definition) is 1. The highest BCUT2D eigenvalue weighted by Crippen LogP contribution is 2.30. The van der Waals surface area contributed by atoms with Crippen LogP contribution in [0.4, 0.5) is 0 Å². The van der Waals surface area contributed by atoms with Crippen molar-refractivity contribution in [1.82, 2.24) is 10.3 Å². The van der Waals surface area contributed by atoms with Crippen LogP contribution < -0.4 is 5.32 Å². The number of aromatic amines is 1. The maximum absolute atomic E-state index is 3.61. The lowest BCUT2D eigenvalue weighted by Gasteiger charge is -2.12. The standard InChI is InChI=1S/C11H11BrN2.ClH/c12-8-2-1-3-10-11(8)7-6-13-5-4-9(7)14-10;/h1-3,13-14H,4-6H2;1H. The summed E-state index contributed by atoms with van der Waals surface area (Å²) in [6.07, 6.45) is 1.11. The lowest BCUT2D eigenvalue weighted by atomic mass is 10.1. The van der Waals surface area contributed by atoms with Crippen LogP contribution in [0.2, 0.25) is 0 Å². The Hall–Kier alpha value is -0.510. The van der Waals surface area contributed by atoms with Crippen LogP contribution in [0.15, 0.2) is 22.7 Å². The Balaban J connectivity index is 0.000000853. The van der Waals surface area contributed by atoms with E-state index in [0.717, 1.165) is 19.5 Å². The first kappa shape index (κ1) is 11.0. The van der Waals surface area contributed by atoms with Gasteiger partial charge in [-0.25, -0.2) is 0 Å². The quantitative estimate of drug-likeness (QED) is 0.766. The van der Waals surface area contributed by atoms with Gasteiger partial charge in [0.25, 0.3) is 0 Å². The van der Waals surface area contributed by atoms with Crippen LogP contribution in [0.1, 0.15) is 11.3 Å². The molecule has 80 valence electrons. The van der Waals surface area contributed by atoms with E-state index in [1.165, 1.54) is 26.6 Å². The van der Waals surface area contributed by atoms with Gasteiger partial charge in [0, 0.05) is 40.6 Å². The topological polar surface area (TPSA) is 27.8 Å². The fraction of sp³-hybridized carbons (Fsp3) is 0.273. The summed E-state index contributed by atoms with van der Waals surface area (Å²) < 4.78 is 1.19. The number of rotatable bonds is 0. The third-order valence-corrected chi connectivity index (χ3v) is 3.48. The van der Waals surface area contributed by atoms with Crippen molar-refractivity contribution in [3.05, 3.63) is 33.9 Å². The van der Waals surface area contributed by atoms with E-state index in [4.69, 9.17) is 0 Å². The number of halogens is 2. The Labute approximate surface area is 103 Å². The fourth-order valence-electron chi connectivity index (χ4n) is 2.16. The van der Waals surface area contributed by atoms with E-state index in [0.29, 0.717) is 0 Å². The molecule has 2 nitrogen and oxygen atoms in total. The molecule has 0 atom stereocenters. The Bertz CT molecular complexity index is 493. The number of fused-ring (bicyclic) bond motifs is 3. The maximum Gasteiger partial charge on any atom is 0.0470 e. The number of hydrogen-bond donors (Lipinski definition) is 2. The molecule has 1 aromatic heterocycles. The van der Waals surface area contributed by atoms with E-state index < -0.39 is 0 Å². The highest BCUT2D eigenvalue weighted by molar-refractivity contribution is 9.10. The van der Waals surface area contributed by atoms with Gasteiger partial charge >= 0.3 is 0 Å². The first-order valence-electron chi connectivity index (χ1n) is 4.85. The summed E-state index contributed by atoms with van der Waals surface area (Å²) >= 11 is 3.61. The molecule has 0 fully saturated rings. The Morgan fingerprint density at radius 1 is 1.27 bits per heavy atom. The molecule has 0 saturated heterocycles. The molecule has 3 rings (SSSR count). The molecular weight excluding hydrogens is 275 g/mol. The number of H-pyrrole nitrogens is 1. The van der Waals surface area contributed by atoms with Crippen molar-refractivity contribution in [2.24, 2.45) is 0 Å². The van der Waals surface area contributed by atoms with Gasteiger partial charge in [-0.05, 0) is 17.7 Å². The van der Waals surface area contributed by atoms with Gasteiger partial charge in [0.05, 0.1) is 0 Å². The monoisotopic (exact) mass is 286 g/mol. The zero-order chi connectivity index (χ0) is 9.54. The van der Waals surface area contributed by atoms with Gasteiger partial charge in [0.1, 0.15) is 0 Å². The van der Waals surface area contributed by atoms with Crippen LogP contribution in [0.25, 0.3) is 10.9 Å². The second kappa shape index (κ2) is 4.16. The zero-order valence-electron chi connectivity index (χ0n) is 8.14. The minimum Gasteiger partial charge on any atom is -0.358 e. The molecule has 1 aromatic carbocycles. The van der Waals surface area contributed by atoms with Crippen LogP contribution in [-0.2, 0) is 13.0 Å². The largest absolute Gasteiger partial charge is 0.358 e. The van der Waals surface area contributed by atoms with Crippen LogP contribution in [0.5, 0.6) is 0 Å². The molecule has 0 unspecified atom stereocenters. The van der Waals surface area contributed by atoms with Crippen molar-refractivity contribution in [3.8, 4) is 0 Å². The number of nitrogens with one attached hydrogen (secondary N) is 2. The van der Waals surface area contributed by atoms with Crippen LogP contribution >= 0.6 is 28.3 Å². The highest BCUT2D eigenvalue weighted by Gasteiger charge is 2.15. The van der Waals surface area contributed by atoms with Crippen molar-refractivity contribution >= 4 is 39.2 Å². The van der Waals surface area contributed by atoms with Crippen molar-refractivity contribution in [2.75, 3.05) is 6.54 Å². The summed E-state index contributed by atoms with van der Waals surface area (Å²) in [5.74, 6) is 0. The predicted octanol–water partition coefficient (Wildman–Crippen LogP) is 3.00. The average Bonchev–Trinajstić information content (AvgIpc) is 2.57. The molecule has 1 aliphatic heterocycles. The van der Waals surface area contributed by atoms with Crippen molar-refractivity contribution in [1.29, 1.82) is 0 Å². The van der Waals surface area contributed by atoms with Gasteiger partial charge in [0.2, 0.25) is 0 Å². The highest BCUT2D eigenvalue weighted by atomic mass is 79.9. The van der Waals surface area contributed by atoms with Gasteiger partial charge in [-0.3, -0.25) is 0 Å². The third-order valence-electron chi connectivity index (χ3n) is 2.82. The molecule has 2 heterocycles. The molecule has 0 amide bonds. The summed E-state index contributed by atoms with van der Waals surface area (Å²) in [4.78, 5) is 3.49. The van der Waals surface area contributed by atoms with E-state index in [-0.39, 0.29) is 12.4 Å². The number of benzene rings is 1. The number of aromatic nitrogens is 1. The summed E-state index contributed by atoms with van der Waals surface area (Å²) in [6.45, 7) is 2.06. The molecule has 2 N–H and O–H groups in total. The summed E-state index contributed by atoms with van der Waals surface area (Å²) in [6, 6.07) is 6.31. The van der Waals surface area contributed by atoms with E-state index in [1.807, 2.05) is 0 Å². The zero-order valence-corrected chi connectivity index (χ0v) is 10.5. The molecule has 1 aliphatic rings. The van der Waals surface area contributed by atoms with Crippen LogP contribution in [0.3, 0.4) is 0 Å². The molecule has 0 radical (unpaired) electrons. The molecular formula is C11H12BrClN2. The van der Waals surface area contributed by atoms with Crippen molar-refractivity contribution in [2.45, 2.75) is 13.0 Å². The SMILES string of the molecule is Brc1cccc2[nH]c3c(c12)CNCC3.Cl. The van der Waals surface area contributed by atoms with Gasteiger partial charge in [-0.2, -0.15) is 0 Å². The van der Waals surface area contributed by atoms with Crippen molar-refractivity contribution < 1.29 is 0 Å². The lowest BCUT2D eigenvalue weighted by molar-refractivity contribution is 0.640. The molecule has 15 heavy (non-hydrogen) atoms. The normalized spacial score (nSPS) is 14.7. The summed E-state index contributed by atoms with van der Waals surface area (Å²) in [7, 11) is 0. The maximum atomic E-state index is 3.61. The molecule has 0 saturated carbocycles. The minimum absolute atomic E-state index is 0. The van der Waals surface area contributed by atoms with Gasteiger partial charge in [0.15, 0.2) is 0 Å². The van der Waals surface area contributed by atoms with Gasteiger partial charge < -0.3 is 10.3 Å². The van der Waals surface area contributed by atoms with E-state index in [2.05, 4.69) is 44.4 Å². The van der Waals surface area contributed by atoms with E-state index in [9.17, 15) is 0 Å². The first-order valence-corrected chi connectivity index (χ1v) is 5.64. The molecule has 0 aliphatic carbocycles.